The number of allylic oxidation sites excluding steroid dienone is 7. The van der Waals surface area contributed by atoms with Gasteiger partial charge in [0, 0.05) is 45.8 Å². The summed E-state index contributed by atoms with van der Waals surface area (Å²) < 4.78 is 14.2. The Kier molecular flexibility index (Phi) is 8.39. The molecule has 1 heterocycles. The molecule has 0 bridgehead atoms. The first-order valence-corrected chi connectivity index (χ1v) is 22.4. The largest absolute Gasteiger partial charge is 0.449 e. The van der Waals surface area contributed by atoms with Crippen LogP contribution >= 0.6 is 0 Å². The number of anilines is 2. The molecule has 8 aromatic carbocycles. The molecule has 1 aliphatic heterocycles. The third kappa shape index (κ3) is 5.47. The molecule has 304 valence electrons. The Labute approximate surface area is 374 Å². The summed E-state index contributed by atoms with van der Waals surface area (Å²) in [6, 6.07) is 67.8. The molecule has 0 saturated carbocycles. The van der Waals surface area contributed by atoms with Gasteiger partial charge in [0.1, 0.15) is 0 Å². The quantitative estimate of drug-likeness (QED) is 0.167. The van der Waals surface area contributed by atoms with Crippen LogP contribution in [0.2, 0.25) is 0 Å². The van der Waals surface area contributed by atoms with Crippen molar-refractivity contribution in [3.05, 3.63) is 264 Å². The maximum atomic E-state index is 7.35. The van der Waals surface area contributed by atoms with Gasteiger partial charge in [-0.05, 0) is 87.3 Å². The summed E-state index contributed by atoms with van der Waals surface area (Å²) in [6.45, 7) is 0. The minimum absolute atomic E-state index is 0.103. The highest BCUT2D eigenvalue weighted by molar-refractivity contribution is 5.89. The lowest BCUT2D eigenvalue weighted by atomic mass is 9.65. The van der Waals surface area contributed by atoms with E-state index >= 15 is 0 Å². The smallest absolute Gasteiger partial charge is 0.177 e. The SMILES string of the molecule is C1=CC2c3c(ccc4c3Oc3c(cccc3-c3cccc(N(C5=CCC(c6ccccc6)C=C5)c5ccccc5-c5ccccc5)c3)O4)C3(c4ccccc4-c4ccccc43)C2C=C1. The standard InChI is InChI=1S/C61H43NO2/c1-3-17-40(18-4-1)41-33-35-44(36-34-41)62(55-31-14-10-23-46(55)42-19-5-2-6-20-42)45-22-15-21-43(39-45)47-27-16-32-56-59(47)64-60-57(63-56)38-37-54-58(60)50-26-9-13-30-53(50)61(54)51-28-11-7-24-48(51)49-25-8-12-29-52(49)61/h1-33,35-39,41,50,53H,34H2. The molecule has 3 nitrogen and oxygen atoms in total. The van der Waals surface area contributed by atoms with Gasteiger partial charge in [-0.3, -0.25) is 0 Å². The van der Waals surface area contributed by atoms with Crippen molar-refractivity contribution in [1.29, 1.82) is 0 Å². The number of ether oxygens (including phenoxy) is 2. The number of benzene rings is 8. The van der Waals surface area contributed by atoms with Gasteiger partial charge >= 0.3 is 0 Å². The Bertz CT molecular complexity index is 3240. The Morgan fingerprint density at radius 3 is 1.92 bits per heavy atom. The minimum Gasteiger partial charge on any atom is -0.449 e. The van der Waals surface area contributed by atoms with E-state index in [4.69, 9.17) is 9.47 Å². The molecule has 13 rings (SSSR count). The highest BCUT2D eigenvalue weighted by atomic mass is 16.6. The lowest BCUT2D eigenvalue weighted by Crippen LogP contribution is -2.32. The molecule has 64 heavy (non-hydrogen) atoms. The molecule has 3 atom stereocenters. The van der Waals surface area contributed by atoms with E-state index in [0.717, 1.165) is 51.9 Å². The van der Waals surface area contributed by atoms with Crippen LogP contribution in [0.4, 0.5) is 11.4 Å². The van der Waals surface area contributed by atoms with E-state index < -0.39 is 0 Å². The second kappa shape index (κ2) is 14.6. The summed E-state index contributed by atoms with van der Waals surface area (Å²) in [5.74, 6) is 3.62. The monoisotopic (exact) mass is 821 g/mol. The first kappa shape index (κ1) is 36.7. The first-order valence-electron chi connectivity index (χ1n) is 22.4. The van der Waals surface area contributed by atoms with Gasteiger partial charge in [0.05, 0.1) is 11.1 Å². The van der Waals surface area contributed by atoms with Gasteiger partial charge in [-0.1, -0.05) is 194 Å². The molecular formula is C61H43NO2. The zero-order chi connectivity index (χ0) is 42.2. The van der Waals surface area contributed by atoms with E-state index in [2.05, 4.69) is 229 Å². The van der Waals surface area contributed by atoms with E-state index in [0.29, 0.717) is 11.7 Å². The molecule has 0 aromatic heterocycles. The minimum atomic E-state index is -0.357. The molecule has 4 aliphatic carbocycles. The molecule has 0 saturated heterocycles. The van der Waals surface area contributed by atoms with Gasteiger partial charge < -0.3 is 14.4 Å². The maximum absolute atomic E-state index is 7.35. The van der Waals surface area contributed by atoms with Crippen molar-refractivity contribution in [3.8, 4) is 56.4 Å². The lowest BCUT2D eigenvalue weighted by molar-refractivity contribution is 0.356. The van der Waals surface area contributed by atoms with E-state index in [9.17, 15) is 0 Å². The Balaban J connectivity index is 0.935. The molecule has 5 aliphatic rings. The zero-order valence-electron chi connectivity index (χ0n) is 35.1. The third-order valence-corrected chi connectivity index (χ3v) is 14.2. The van der Waals surface area contributed by atoms with Crippen molar-refractivity contribution in [3.63, 3.8) is 0 Å². The Hall–Kier alpha value is -7.88. The highest BCUT2D eigenvalue weighted by Crippen LogP contribution is 2.68. The van der Waals surface area contributed by atoms with Crippen molar-refractivity contribution in [1.82, 2.24) is 0 Å². The van der Waals surface area contributed by atoms with Crippen LogP contribution in [0, 0.1) is 5.92 Å². The van der Waals surface area contributed by atoms with Crippen molar-refractivity contribution in [2.45, 2.75) is 23.7 Å². The summed E-state index contributed by atoms with van der Waals surface area (Å²) in [4.78, 5) is 2.41. The average molecular weight is 822 g/mol. The highest BCUT2D eigenvalue weighted by Gasteiger charge is 2.58. The molecule has 1 spiro atoms. The molecule has 3 heteroatoms. The predicted molar refractivity (Wildman–Crippen MR) is 260 cm³/mol. The summed E-state index contributed by atoms with van der Waals surface area (Å²) in [5.41, 5.74) is 16.5. The van der Waals surface area contributed by atoms with Crippen LogP contribution in [-0.4, -0.2) is 0 Å². The van der Waals surface area contributed by atoms with Gasteiger partial charge in [0.2, 0.25) is 0 Å². The van der Waals surface area contributed by atoms with E-state index in [-0.39, 0.29) is 17.3 Å². The van der Waals surface area contributed by atoms with Gasteiger partial charge in [-0.15, -0.1) is 0 Å². The van der Waals surface area contributed by atoms with Crippen molar-refractivity contribution in [2.75, 3.05) is 4.90 Å². The van der Waals surface area contributed by atoms with Crippen molar-refractivity contribution < 1.29 is 9.47 Å². The normalized spacial score (nSPS) is 18.7. The third-order valence-electron chi connectivity index (χ3n) is 14.2. The van der Waals surface area contributed by atoms with Gasteiger partial charge in [0.15, 0.2) is 23.0 Å². The number of nitrogens with zero attached hydrogens (tertiary/aromatic N) is 1. The summed E-state index contributed by atoms with van der Waals surface area (Å²) >= 11 is 0. The first-order chi connectivity index (χ1) is 31.8. The molecular weight excluding hydrogens is 779 g/mol. The van der Waals surface area contributed by atoms with E-state index in [1.807, 2.05) is 6.07 Å². The molecule has 8 aromatic rings. The van der Waals surface area contributed by atoms with Crippen LogP contribution in [-0.2, 0) is 5.41 Å². The summed E-state index contributed by atoms with van der Waals surface area (Å²) in [7, 11) is 0. The van der Waals surface area contributed by atoms with Crippen LogP contribution in [0.3, 0.4) is 0 Å². The van der Waals surface area contributed by atoms with Crippen LogP contribution in [0.25, 0.3) is 33.4 Å². The number of fused-ring (bicyclic) bond motifs is 13. The maximum Gasteiger partial charge on any atom is 0.177 e. The fourth-order valence-electron chi connectivity index (χ4n) is 11.5. The zero-order valence-corrected chi connectivity index (χ0v) is 35.1. The van der Waals surface area contributed by atoms with Crippen molar-refractivity contribution in [2.24, 2.45) is 5.92 Å². The Morgan fingerprint density at radius 1 is 0.484 bits per heavy atom. The van der Waals surface area contributed by atoms with Gasteiger partial charge in [-0.2, -0.15) is 0 Å². The fraction of sp³-hybridized carbons (Fsp3) is 0.0820. The van der Waals surface area contributed by atoms with Crippen LogP contribution in [0.1, 0.15) is 46.1 Å². The average Bonchev–Trinajstić information content (AvgIpc) is 3.84. The van der Waals surface area contributed by atoms with Crippen LogP contribution in [0.5, 0.6) is 23.0 Å². The molecule has 0 radical (unpaired) electrons. The number of para-hydroxylation sites is 2. The molecule has 3 unspecified atom stereocenters. The topological polar surface area (TPSA) is 21.7 Å². The number of rotatable bonds is 6. The van der Waals surface area contributed by atoms with E-state index in [1.165, 1.54) is 50.1 Å². The van der Waals surface area contributed by atoms with Gasteiger partial charge in [0.25, 0.3) is 0 Å². The van der Waals surface area contributed by atoms with E-state index in [1.54, 1.807) is 0 Å². The lowest BCUT2D eigenvalue weighted by Gasteiger charge is -2.36. The Morgan fingerprint density at radius 2 is 1.14 bits per heavy atom. The van der Waals surface area contributed by atoms with Crippen molar-refractivity contribution >= 4 is 11.4 Å². The summed E-state index contributed by atoms with van der Waals surface area (Å²) in [6.07, 6.45) is 17.2. The van der Waals surface area contributed by atoms with Gasteiger partial charge in [-0.25, -0.2) is 0 Å². The number of hydrogen-bond donors (Lipinski definition) is 0. The second-order valence-corrected chi connectivity index (χ2v) is 17.4. The molecule has 0 fully saturated rings. The molecule has 0 amide bonds. The number of hydrogen-bond acceptors (Lipinski definition) is 3. The predicted octanol–water partition coefficient (Wildman–Crippen LogP) is 15.8. The molecule has 0 N–H and O–H groups in total. The fourth-order valence-corrected chi connectivity index (χ4v) is 11.5. The summed E-state index contributed by atoms with van der Waals surface area (Å²) in [5, 5.41) is 0. The van der Waals surface area contributed by atoms with Crippen LogP contribution in [0.15, 0.2) is 236 Å². The van der Waals surface area contributed by atoms with Crippen LogP contribution < -0.4 is 14.4 Å². The second-order valence-electron chi connectivity index (χ2n) is 17.4.